The van der Waals surface area contributed by atoms with E-state index in [0.717, 1.165) is 6.42 Å². The number of rotatable bonds is 5. The maximum absolute atomic E-state index is 12.2. The van der Waals surface area contributed by atoms with Gasteiger partial charge in [-0.25, -0.2) is 0 Å². The molecule has 1 aliphatic rings. The number of benzene rings is 1. The van der Waals surface area contributed by atoms with Gasteiger partial charge in [0.1, 0.15) is 6.04 Å². The van der Waals surface area contributed by atoms with E-state index in [4.69, 9.17) is 0 Å². The molecule has 1 atom stereocenters. The van der Waals surface area contributed by atoms with Gasteiger partial charge < -0.3 is 10.2 Å². The molecule has 0 spiro atoms. The SMILES string of the molecule is CC(C)N1C(=O)CC[C@H]1C(=O)NCCc1ccccc1. The maximum Gasteiger partial charge on any atom is 0.242 e. The van der Waals surface area contributed by atoms with Crippen molar-refractivity contribution in [3.05, 3.63) is 35.9 Å². The predicted octanol–water partition coefficient (Wildman–Crippen LogP) is 1.74. The van der Waals surface area contributed by atoms with Crippen LogP contribution < -0.4 is 5.32 Å². The van der Waals surface area contributed by atoms with Crippen LogP contribution in [0.3, 0.4) is 0 Å². The molecular weight excluding hydrogens is 252 g/mol. The molecule has 0 aromatic heterocycles. The third kappa shape index (κ3) is 3.38. The molecule has 0 unspecified atom stereocenters. The topological polar surface area (TPSA) is 49.4 Å². The lowest BCUT2D eigenvalue weighted by Gasteiger charge is -2.27. The van der Waals surface area contributed by atoms with E-state index >= 15 is 0 Å². The van der Waals surface area contributed by atoms with Gasteiger partial charge in [-0.05, 0) is 32.3 Å². The Hall–Kier alpha value is -1.84. The molecule has 1 aromatic rings. The van der Waals surface area contributed by atoms with E-state index in [1.807, 2.05) is 44.2 Å². The number of carbonyl (C=O) groups excluding carboxylic acids is 2. The molecule has 1 fully saturated rings. The molecule has 108 valence electrons. The fourth-order valence-electron chi connectivity index (χ4n) is 2.70. The zero-order valence-electron chi connectivity index (χ0n) is 12.1. The molecule has 1 heterocycles. The summed E-state index contributed by atoms with van der Waals surface area (Å²) in [6.07, 6.45) is 1.93. The van der Waals surface area contributed by atoms with E-state index in [2.05, 4.69) is 5.32 Å². The Kier molecular flexibility index (Phi) is 4.77. The van der Waals surface area contributed by atoms with Crippen LogP contribution in [0.15, 0.2) is 30.3 Å². The summed E-state index contributed by atoms with van der Waals surface area (Å²) in [5.41, 5.74) is 1.20. The highest BCUT2D eigenvalue weighted by atomic mass is 16.2. The van der Waals surface area contributed by atoms with Gasteiger partial charge in [-0.2, -0.15) is 0 Å². The number of hydrogen-bond acceptors (Lipinski definition) is 2. The minimum absolute atomic E-state index is 0.0273. The first-order valence-corrected chi connectivity index (χ1v) is 7.22. The second-order valence-corrected chi connectivity index (χ2v) is 5.48. The molecular formula is C16H22N2O2. The summed E-state index contributed by atoms with van der Waals surface area (Å²) in [5.74, 6) is 0.0590. The highest BCUT2D eigenvalue weighted by Gasteiger charge is 2.37. The van der Waals surface area contributed by atoms with E-state index in [1.165, 1.54) is 5.56 Å². The van der Waals surface area contributed by atoms with Crippen LogP contribution in [0.4, 0.5) is 0 Å². The molecule has 0 saturated carbocycles. The first-order valence-electron chi connectivity index (χ1n) is 7.22. The van der Waals surface area contributed by atoms with E-state index in [-0.39, 0.29) is 23.9 Å². The number of carbonyl (C=O) groups is 2. The molecule has 4 heteroatoms. The van der Waals surface area contributed by atoms with Gasteiger partial charge in [0.15, 0.2) is 0 Å². The minimum Gasteiger partial charge on any atom is -0.354 e. The Labute approximate surface area is 120 Å². The number of hydrogen-bond donors (Lipinski definition) is 1. The van der Waals surface area contributed by atoms with Crippen LogP contribution in [-0.2, 0) is 16.0 Å². The molecule has 1 saturated heterocycles. The van der Waals surface area contributed by atoms with Gasteiger partial charge in [-0.3, -0.25) is 9.59 Å². The van der Waals surface area contributed by atoms with Crippen LogP contribution in [0.5, 0.6) is 0 Å². The number of nitrogens with zero attached hydrogens (tertiary/aromatic N) is 1. The Balaban J connectivity index is 1.84. The Morgan fingerprint density at radius 1 is 1.35 bits per heavy atom. The number of nitrogens with one attached hydrogen (secondary N) is 1. The third-order valence-corrected chi connectivity index (χ3v) is 3.67. The second kappa shape index (κ2) is 6.55. The normalized spacial score (nSPS) is 18.6. The smallest absolute Gasteiger partial charge is 0.242 e. The van der Waals surface area contributed by atoms with Crippen molar-refractivity contribution >= 4 is 11.8 Å². The lowest BCUT2D eigenvalue weighted by atomic mass is 10.1. The maximum atomic E-state index is 12.2. The summed E-state index contributed by atoms with van der Waals surface area (Å²) in [6.45, 7) is 4.51. The fourth-order valence-corrected chi connectivity index (χ4v) is 2.70. The molecule has 2 rings (SSSR count). The Bertz CT molecular complexity index is 471. The summed E-state index contributed by atoms with van der Waals surface area (Å²) < 4.78 is 0. The Morgan fingerprint density at radius 2 is 2.05 bits per heavy atom. The molecule has 1 aliphatic heterocycles. The van der Waals surface area contributed by atoms with Crippen LogP contribution in [0, 0.1) is 0 Å². The van der Waals surface area contributed by atoms with Crippen LogP contribution in [-0.4, -0.2) is 35.3 Å². The van der Waals surface area contributed by atoms with Crippen molar-refractivity contribution in [2.45, 2.75) is 45.2 Å². The van der Waals surface area contributed by atoms with Crippen molar-refractivity contribution in [2.75, 3.05) is 6.54 Å². The van der Waals surface area contributed by atoms with Gasteiger partial charge in [0, 0.05) is 19.0 Å². The van der Waals surface area contributed by atoms with Gasteiger partial charge in [0.25, 0.3) is 0 Å². The average Bonchev–Trinajstić information content (AvgIpc) is 2.82. The molecule has 2 amide bonds. The third-order valence-electron chi connectivity index (χ3n) is 3.67. The monoisotopic (exact) mass is 274 g/mol. The van der Waals surface area contributed by atoms with Crippen LogP contribution in [0.1, 0.15) is 32.3 Å². The average molecular weight is 274 g/mol. The molecule has 1 aromatic carbocycles. The van der Waals surface area contributed by atoms with Crippen molar-refractivity contribution in [3.63, 3.8) is 0 Å². The molecule has 0 bridgehead atoms. The summed E-state index contributed by atoms with van der Waals surface area (Å²) in [5, 5.41) is 2.95. The summed E-state index contributed by atoms with van der Waals surface area (Å²) >= 11 is 0. The van der Waals surface area contributed by atoms with Gasteiger partial charge >= 0.3 is 0 Å². The van der Waals surface area contributed by atoms with Crippen molar-refractivity contribution in [3.8, 4) is 0 Å². The fraction of sp³-hybridized carbons (Fsp3) is 0.500. The highest BCUT2D eigenvalue weighted by Crippen LogP contribution is 2.21. The molecule has 0 aliphatic carbocycles. The van der Waals surface area contributed by atoms with Crippen molar-refractivity contribution in [2.24, 2.45) is 0 Å². The van der Waals surface area contributed by atoms with E-state index in [1.54, 1.807) is 4.90 Å². The van der Waals surface area contributed by atoms with Crippen LogP contribution >= 0.6 is 0 Å². The molecule has 1 N–H and O–H groups in total. The van der Waals surface area contributed by atoms with Crippen LogP contribution in [0.2, 0.25) is 0 Å². The summed E-state index contributed by atoms with van der Waals surface area (Å²) in [7, 11) is 0. The molecule has 20 heavy (non-hydrogen) atoms. The zero-order chi connectivity index (χ0) is 14.5. The second-order valence-electron chi connectivity index (χ2n) is 5.48. The zero-order valence-corrected chi connectivity index (χ0v) is 12.1. The number of likely N-dealkylation sites (tertiary alicyclic amines) is 1. The first kappa shape index (κ1) is 14.6. The van der Waals surface area contributed by atoms with Crippen molar-refractivity contribution in [1.82, 2.24) is 10.2 Å². The largest absolute Gasteiger partial charge is 0.354 e. The lowest BCUT2D eigenvalue weighted by Crippen LogP contribution is -2.48. The van der Waals surface area contributed by atoms with Gasteiger partial charge in [0.05, 0.1) is 0 Å². The Morgan fingerprint density at radius 3 is 2.70 bits per heavy atom. The summed E-state index contributed by atoms with van der Waals surface area (Å²) in [6, 6.07) is 9.85. The lowest BCUT2D eigenvalue weighted by molar-refractivity contribution is -0.136. The van der Waals surface area contributed by atoms with Crippen molar-refractivity contribution in [1.29, 1.82) is 0 Å². The standard InChI is InChI=1S/C16H22N2O2/c1-12(2)18-14(8-9-15(18)19)16(20)17-11-10-13-6-4-3-5-7-13/h3-7,12,14H,8-11H2,1-2H3,(H,17,20)/t14-/m0/s1. The van der Waals surface area contributed by atoms with Crippen molar-refractivity contribution < 1.29 is 9.59 Å². The predicted molar refractivity (Wildman–Crippen MR) is 78.2 cm³/mol. The number of amides is 2. The van der Waals surface area contributed by atoms with Gasteiger partial charge in [0.2, 0.25) is 11.8 Å². The van der Waals surface area contributed by atoms with Gasteiger partial charge in [-0.15, -0.1) is 0 Å². The van der Waals surface area contributed by atoms with Crippen LogP contribution in [0.25, 0.3) is 0 Å². The van der Waals surface area contributed by atoms with Gasteiger partial charge in [-0.1, -0.05) is 30.3 Å². The summed E-state index contributed by atoms with van der Waals surface area (Å²) in [4.78, 5) is 25.7. The molecule has 0 radical (unpaired) electrons. The van der Waals surface area contributed by atoms with E-state index in [0.29, 0.717) is 19.4 Å². The highest BCUT2D eigenvalue weighted by molar-refractivity contribution is 5.91. The molecule has 4 nitrogen and oxygen atoms in total. The quantitative estimate of drug-likeness (QED) is 0.889. The first-order chi connectivity index (χ1) is 9.59. The van der Waals surface area contributed by atoms with E-state index < -0.39 is 0 Å². The van der Waals surface area contributed by atoms with E-state index in [9.17, 15) is 9.59 Å². The minimum atomic E-state index is -0.293.